The molecule has 6 N–H and O–H groups in total. The molecule has 2 heterocycles. The van der Waals surface area contributed by atoms with Gasteiger partial charge >= 0.3 is 11.9 Å². The molecule has 0 aliphatic carbocycles. The number of nitrogens with one attached hydrogen (secondary N) is 2. The van der Waals surface area contributed by atoms with E-state index in [0.29, 0.717) is 28.6 Å². The van der Waals surface area contributed by atoms with E-state index >= 15 is 0 Å². The van der Waals surface area contributed by atoms with E-state index in [2.05, 4.69) is 15.3 Å². The van der Waals surface area contributed by atoms with E-state index in [1.54, 1.807) is 24.3 Å². The Balaban J connectivity index is 1.36. The molecule has 188 valence electrons. The largest absolute Gasteiger partial charge is 0.481 e. The number of aromatic nitrogens is 2. The molecule has 5 rings (SSSR count). The van der Waals surface area contributed by atoms with Crippen molar-refractivity contribution in [2.45, 2.75) is 32.0 Å². The normalized spacial score (nSPS) is 13.6. The van der Waals surface area contributed by atoms with Crippen LogP contribution in [0.4, 0.5) is 11.6 Å². The first-order valence-electron chi connectivity index (χ1n) is 11.5. The number of nitrogens with two attached hydrogens (primary N) is 1. The summed E-state index contributed by atoms with van der Waals surface area (Å²) >= 11 is 0. The Bertz CT molecular complexity index is 1650. The molecule has 37 heavy (non-hydrogen) atoms. The summed E-state index contributed by atoms with van der Waals surface area (Å²) in [5.41, 5.74) is 8.57. The van der Waals surface area contributed by atoms with E-state index in [-0.39, 0.29) is 30.9 Å². The molecule has 1 amide bonds. The number of aliphatic carboxylic acids is 2. The fourth-order valence-corrected chi connectivity index (χ4v) is 4.72. The number of fused-ring (bicyclic) bond motifs is 4. The molecule has 0 spiro atoms. The zero-order valence-electron chi connectivity index (χ0n) is 19.5. The summed E-state index contributed by atoms with van der Waals surface area (Å²) in [6, 6.07) is 13.4. The van der Waals surface area contributed by atoms with Gasteiger partial charge in [-0.25, -0.2) is 9.78 Å². The van der Waals surface area contributed by atoms with Crippen LogP contribution in [0.25, 0.3) is 21.7 Å². The number of H-pyrrole nitrogens is 1. The molecule has 0 bridgehead atoms. The van der Waals surface area contributed by atoms with Gasteiger partial charge in [-0.1, -0.05) is 18.2 Å². The molecule has 11 heteroatoms. The quantitative estimate of drug-likeness (QED) is 0.227. The van der Waals surface area contributed by atoms with Gasteiger partial charge in [0.1, 0.15) is 6.04 Å². The van der Waals surface area contributed by atoms with E-state index < -0.39 is 23.9 Å². The monoisotopic (exact) mass is 501 g/mol. The molecule has 4 aromatic rings. The molecule has 1 unspecified atom stereocenters. The van der Waals surface area contributed by atoms with Crippen LogP contribution in [0.5, 0.6) is 0 Å². The van der Waals surface area contributed by atoms with Gasteiger partial charge in [-0.05, 0) is 58.7 Å². The van der Waals surface area contributed by atoms with Crippen molar-refractivity contribution in [3.8, 4) is 0 Å². The van der Waals surface area contributed by atoms with Crippen molar-refractivity contribution in [2.75, 3.05) is 11.1 Å². The molecule has 0 radical (unpaired) electrons. The van der Waals surface area contributed by atoms with Crippen molar-refractivity contribution < 1.29 is 24.6 Å². The molecule has 3 aromatic carbocycles. The maximum atomic E-state index is 12.8. The van der Waals surface area contributed by atoms with Crippen LogP contribution in [-0.4, -0.2) is 49.0 Å². The zero-order chi connectivity index (χ0) is 26.3. The van der Waals surface area contributed by atoms with Crippen molar-refractivity contribution in [3.05, 3.63) is 75.6 Å². The number of carboxylic acids is 2. The minimum Gasteiger partial charge on any atom is -0.481 e. The third-order valence-electron chi connectivity index (χ3n) is 6.50. The lowest BCUT2D eigenvalue weighted by atomic mass is 10.0. The van der Waals surface area contributed by atoms with E-state index in [1.807, 2.05) is 24.3 Å². The number of carbonyl (C=O) groups is 3. The number of carbonyl (C=O) groups excluding carboxylic acids is 1. The number of hydrogen-bond acceptors (Lipinski definition) is 7. The van der Waals surface area contributed by atoms with Gasteiger partial charge in [0.15, 0.2) is 0 Å². The third-order valence-corrected chi connectivity index (χ3v) is 6.50. The smallest absolute Gasteiger partial charge is 0.326 e. The van der Waals surface area contributed by atoms with Gasteiger partial charge < -0.3 is 26.2 Å². The number of nitrogens with zero attached hydrogens (tertiary/aromatic N) is 2. The fraction of sp³-hybridized carbons (Fsp3) is 0.192. The van der Waals surface area contributed by atoms with Gasteiger partial charge in [0, 0.05) is 30.8 Å². The molecular weight excluding hydrogens is 478 g/mol. The number of anilines is 2. The minimum atomic E-state index is -1.23. The molecular formula is C26H23N5O6. The van der Waals surface area contributed by atoms with Crippen molar-refractivity contribution in [1.82, 2.24) is 14.9 Å². The molecule has 0 saturated heterocycles. The lowest BCUT2D eigenvalue weighted by Crippen LogP contribution is -2.41. The van der Waals surface area contributed by atoms with Crippen LogP contribution in [0, 0.1) is 0 Å². The summed E-state index contributed by atoms with van der Waals surface area (Å²) in [7, 11) is 0. The topological polar surface area (TPSA) is 179 Å². The van der Waals surface area contributed by atoms with Crippen molar-refractivity contribution in [3.63, 3.8) is 0 Å². The molecule has 1 aromatic heterocycles. The van der Waals surface area contributed by atoms with Crippen LogP contribution in [0.1, 0.15) is 34.3 Å². The highest BCUT2D eigenvalue weighted by atomic mass is 16.4. The summed E-state index contributed by atoms with van der Waals surface area (Å²) in [4.78, 5) is 55.9. The van der Waals surface area contributed by atoms with Crippen LogP contribution in [0.2, 0.25) is 0 Å². The second kappa shape index (κ2) is 9.26. The second-order valence-corrected chi connectivity index (χ2v) is 8.91. The van der Waals surface area contributed by atoms with Gasteiger partial charge in [0.25, 0.3) is 11.5 Å². The van der Waals surface area contributed by atoms with Crippen molar-refractivity contribution in [1.29, 1.82) is 0 Å². The predicted octanol–water partition coefficient (Wildman–Crippen LogP) is 2.54. The first-order valence-corrected chi connectivity index (χ1v) is 11.5. The van der Waals surface area contributed by atoms with E-state index in [9.17, 15) is 24.3 Å². The first-order chi connectivity index (χ1) is 17.7. The molecule has 1 aliphatic rings. The van der Waals surface area contributed by atoms with E-state index in [1.165, 1.54) is 4.90 Å². The summed E-state index contributed by atoms with van der Waals surface area (Å²) in [5.74, 6) is -2.73. The van der Waals surface area contributed by atoms with Crippen LogP contribution < -0.4 is 16.6 Å². The van der Waals surface area contributed by atoms with Gasteiger partial charge in [-0.2, -0.15) is 0 Å². The number of nitrogen functional groups attached to an aromatic ring is 1. The standard InChI is InChI=1S/C26H23N5O6/c27-26-29-19-6-3-14-2-1-13(9-18(14)22(19)23(34)30-26)11-28-16-4-5-17-15(10-16)12-31(24(17)35)20(25(36)37)7-8-21(32)33/h1-6,9-10,20,28H,7-8,11-12H2,(H,32,33)(H,36,37)(H3,27,29,30,34). The Labute approximate surface area is 209 Å². The van der Waals surface area contributed by atoms with Crippen LogP contribution >= 0.6 is 0 Å². The summed E-state index contributed by atoms with van der Waals surface area (Å²) in [6.07, 6.45) is -0.517. The van der Waals surface area contributed by atoms with Crippen LogP contribution in [0.3, 0.4) is 0 Å². The maximum absolute atomic E-state index is 12.8. The number of benzene rings is 3. The number of carboxylic acid groups (broad SMARTS) is 2. The lowest BCUT2D eigenvalue weighted by Gasteiger charge is -2.23. The Hall–Kier alpha value is -4.93. The van der Waals surface area contributed by atoms with Gasteiger partial charge in [0.05, 0.1) is 10.9 Å². The summed E-state index contributed by atoms with van der Waals surface area (Å²) in [5, 5.41) is 23.9. The molecule has 0 fully saturated rings. The summed E-state index contributed by atoms with van der Waals surface area (Å²) in [6.45, 7) is 0.514. The first kappa shape index (κ1) is 23.8. The highest BCUT2D eigenvalue weighted by Crippen LogP contribution is 2.29. The average Bonchev–Trinajstić information content (AvgIpc) is 3.17. The highest BCUT2D eigenvalue weighted by Gasteiger charge is 2.36. The molecule has 0 saturated carbocycles. The second-order valence-electron chi connectivity index (χ2n) is 8.91. The molecule has 11 nitrogen and oxygen atoms in total. The number of aromatic amines is 1. The Morgan fingerprint density at radius 1 is 1.11 bits per heavy atom. The number of amides is 1. The Kier molecular flexibility index (Phi) is 5.96. The fourth-order valence-electron chi connectivity index (χ4n) is 4.72. The zero-order valence-corrected chi connectivity index (χ0v) is 19.5. The van der Waals surface area contributed by atoms with Gasteiger partial charge in [-0.3, -0.25) is 19.4 Å². The lowest BCUT2D eigenvalue weighted by molar-refractivity contribution is -0.143. The number of hydrogen-bond donors (Lipinski definition) is 5. The third kappa shape index (κ3) is 4.54. The van der Waals surface area contributed by atoms with Crippen LogP contribution in [-0.2, 0) is 22.7 Å². The van der Waals surface area contributed by atoms with Gasteiger partial charge in [0.2, 0.25) is 5.95 Å². The SMILES string of the molecule is Nc1nc2ccc3ccc(CNc4ccc5c(c4)CN(C(CCC(=O)O)C(=O)O)C5=O)cc3c2c(=O)[nH]1. The Morgan fingerprint density at radius 2 is 1.89 bits per heavy atom. The van der Waals surface area contributed by atoms with Crippen molar-refractivity contribution in [2.24, 2.45) is 0 Å². The van der Waals surface area contributed by atoms with E-state index in [0.717, 1.165) is 22.0 Å². The van der Waals surface area contributed by atoms with Crippen molar-refractivity contribution >= 4 is 51.2 Å². The number of rotatable bonds is 8. The van der Waals surface area contributed by atoms with Gasteiger partial charge in [-0.15, -0.1) is 0 Å². The van der Waals surface area contributed by atoms with Crippen LogP contribution in [0.15, 0.2) is 53.3 Å². The molecule has 1 atom stereocenters. The molecule has 1 aliphatic heterocycles. The maximum Gasteiger partial charge on any atom is 0.326 e. The highest BCUT2D eigenvalue weighted by molar-refractivity contribution is 6.06. The summed E-state index contributed by atoms with van der Waals surface area (Å²) < 4.78 is 0. The van der Waals surface area contributed by atoms with E-state index in [4.69, 9.17) is 10.8 Å². The predicted molar refractivity (Wildman–Crippen MR) is 136 cm³/mol. The minimum absolute atomic E-state index is 0.0555. The Morgan fingerprint density at radius 3 is 2.65 bits per heavy atom. The average molecular weight is 501 g/mol.